The van der Waals surface area contributed by atoms with Gasteiger partial charge in [-0.25, -0.2) is 0 Å². The van der Waals surface area contributed by atoms with Crippen molar-refractivity contribution >= 4 is 11.3 Å². The van der Waals surface area contributed by atoms with Gasteiger partial charge in [-0.3, -0.25) is 0 Å². The summed E-state index contributed by atoms with van der Waals surface area (Å²) < 4.78 is 6.19. The van der Waals surface area contributed by atoms with Gasteiger partial charge < -0.3 is 10.1 Å². The van der Waals surface area contributed by atoms with E-state index in [1.165, 1.54) is 24.1 Å². The van der Waals surface area contributed by atoms with Gasteiger partial charge in [0.2, 0.25) is 0 Å². The molecule has 2 rings (SSSR count). The average molecular weight is 267 g/mol. The van der Waals surface area contributed by atoms with Crippen LogP contribution in [0.4, 0.5) is 0 Å². The second kappa shape index (κ2) is 6.69. The lowest BCUT2D eigenvalue weighted by Crippen LogP contribution is -2.42. The molecule has 0 saturated heterocycles. The maximum Gasteiger partial charge on any atom is 0.0816 e. The van der Waals surface area contributed by atoms with Crippen LogP contribution in [0.3, 0.4) is 0 Å². The fraction of sp³-hybridized carbons (Fsp3) is 0.733. The van der Waals surface area contributed by atoms with Crippen molar-refractivity contribution in [2.75, 3.05) is 13.1 Å². The van der Waals surface area contributed by atoms with E-state index >= 15 is 0 Å². The Bertz CT molecular complexity index is 330. The zero-order valence-corrected chi connectivity index (χ0v) is 12.4. The first-order valence-electron chi connectivity index (χ1n) is 7.07. The molecule has 0 aromatic carbocycles. The summed E-state index contributed by atoms with van der Waals surface area (Å²) in [5, 5.41) is 5.65. The molecule has 0 unspecified atom stereocenters. The first-order valence-corrected chi connectivity index (χ1v) is 7.95. The number of nitrogens with one attached hydrogen (secondary N) is 1. The molecule has 0 amide bonds. The molecule has 1 aromatic rings. The van der Waals surface area contributed by atoms with Crippen molar-refractivity contribution in [2.24, 2.45) is 5.92 Å². The van der Waals surface area contributed by atoms with Gasteiger partial charge >= 0.3 is 0 Å². The summed E-state index contributed by atoms with van der Waals surface area (Å²) >= 11 is 1.79. The highest BCUT2D eigenvalue weighted by atomic mass is 32.1. The van der Waals surface area contributed by atoms with Crippen LogP contribution < -0.4 is 5.32 Å². The Morgan fingerprint density at radius 2 is 2.28 bits per heavy atom. The van der Waals surface area contributed by atoms with Crippen LogP contribution in [0.1, 0.15) is 44.4 Å². The molecule has 0 spiro atoms. The van der Waals surface area contributed by atoms with E-state index in [1.54, 1.807) is 11.3 Å². The van der Waals surface area contributed by atoms with Crippen LogP contribution in [-0.4, -0.2) is 18.7 Å². The van der Waals surface area contributed by atoms with Crippen molar-refractivity contribution in [3.05, 3.63) is 22.4 Å². The molecule has 1 N–H and O–H groups in total. The molecule has 0 bridgehead atoms. The van der Waals surface area contributed by atoms with E-state index in [0.29, 0.717) is 0 Å². The maximum absolute atomic E-state index is 6.19. The van der Waals surface area contributed by atoms with E-state index in [9.17, 15) is 0 Å². The predicted octanol–water partition coefficient (Wildman–Crippen LogP) is 3.82. The van der Waals surface area contributed by atoms with Gasteiger partial charge in [-0.15, -0.1) is 11.3 Å². The zero-order valence-electron chi connectivity index (χ0n) is 11.6. The summed E-state index contributed by atoms with van der Waals surface area (Å²) in [6.07, 6.45) is 4.96. The quantitative estimate of drug-likeness (QED) is 0.723. The fourth-order valence-corrected chi connectivity index (χ4v) is 2.98. The van der Waals surface area contributed by atoms with Gasteiger partial charge in [-0.1, -0.05) is 19.9 Å². The lowest BCUT2D eigenvalue weighted by Gasteiger charge is -2.42. The van der Waals surface area contributed by atoms with Crippen LogP contribution in [0.2, 0.25) is 0 Å². The summed E-state index contributed by atoms with van der Waals surface area (Å²) in [6.45, 7) is 7.49. The van der Waals surface area contributed by atoms with Crippen LogP contribution in [0.15, 0.2) is 17.5 Å². The van der Waals surface area contributed by atoms with Crippen molar-refractivity contribution in [1.82, 2.24) is 5.32 Å². The molecule has 0 aliphatic heterocycles. The average Bonchev–Trinajstić information content (AvgIpc) is 2.78. The molecule has 0 atom stereocenters. The van der Waals surface area contributed by atoms with Crippen LogP contribution >= 0.6 is 11.3 Å². The number of thiophene rings is 1. The van der Waals surface area contributed by atoms with Gasteiger partial charge in [0.1, 0.15) is 0 Å². The van der Waals surface area contributed by atoms with Gasteiger partial charge in [0.25, 0.3) is 0 Å². The maximum atomic E-state index is 6.19. The Morgan fingerprint density at radius 1 is 1.44 bits per heavy atom. The second-order valence-electron chi connectivity index (χ2n) is 5.75. The smallest absolute Gasteiger partial charge is 0.0816 e. The first kappa shape index (κ1) is 14.0. The van der Waals surface area contributed by atoms with Crippen LogP contribution in [0.5, 0.6) is 0 Å². The number of hydrogen-bond acceptors (Lipinski definition) is 3. The minimum atomic E-state index is 0.175. The molecular weight excluding hydrogens is 242 g/mol. The minimum absolute atomic E-state index is 0.175. The largest absolute Gasteiger partial charge is 0.369 e. The number of hydrogen-bond donors (Lipinski definition) is 1. The third-order valence-corrected chi connectivity index (χ3v) is 4.53. The summed E-state index contributed by atoms with van der Waals surface area (Å²) in [4.78, 5) is 1.34. The highest BCUT2D eigenvalue weighted by Gasteiger charge is 2.37. The third kappa shape index (κ3) is 4.08. The van der Waals surface area contributed by atoms with Crippen LogP contribution in [0, 0.1) is 5.92 Å². The van der Waals surface area contributed by atoms with Gasteiger partial charge in [-0.2, -0.15) is 0 Å². The molecule has 3 heteroatoms. The lowest BCUT2D eigenvalue weighted by atomic mass is 9.77. The molecule has 1 saturated carbocycles. The standard InChI is InChI=1S/C15H25NOS/c1-13(2)11-16-9-8-15(6-4-7-15)17-12-14-5-3-10-18-14/h3,5,10,13,16H,4,6-9,11-12H2,1-2H3. The van der Waals surface area contributed by atoms with E-state index in [4.69, 9.17) is 4.74 Å². The molecule has 1 aromatic heterocycles. The van der Waals surface area contributed by atoms with Gasteiger partial charge in [-0.05, 0) is 56.1 Å². The van der Waals surface area contributed by atoms with Crippen LogP contribution in [-0.2, 0) is 11.3 Å². The van der Waals surface area contributed by atoms with E-state index in [0.717, 1.165) is 32.0 Å². The highest BCUT2D eigenvalue weighted by Crippen LogP contribution is 2.39. The van der Waals surface area contributed by atoms with Gasteiger partial charge in [0.05, 0.1) is 12.2 Å². The van der Waals surface area contributed by atoms with E-state index in [1.807, 2.05) is 0 Å². The summed E-state index contributed by atoms with van der Waals surface area (Å²) in [5.41, 5.74) is 0.175. The Balaban J connectivity index is 1.69. The Morgan fingerprint density at radius 3 is 2.83 bits per heavy atom. The van der Waals surface area contributed by atoms with E-state index in [2.05, 4.69) is 36.7 Å². The zero-order chi connectivity index (χ0) is 12.8. The van der Waals surface area contributed by atoms with Crippen molar-refractivity contribution in [3.8, 4) is 0 Å². The molecule has 2 nitrogen and oxygen atoms in total. The molecule has 1 aliphatic rings. The number of rotatable bonds is 8. The topological polar surface area (TPSA) is 21.3 Å². The molecule has 102 valence electrons. The molecule has 1 aliphatic carbocycles. The van der Waals surface area contributed by atoms with Crippen molar-refractivity contribution in [1.29, 1.82) is 0 Å². The lowest BCUT2D eigenvalue weighted by molar-refractivity contribution is -0.113. The molecule has 18 heavy (non-hydrogen) atoms. The molecular formula is C15H25NOS. The second-order valence-corrected chi connectivity index (χ2v) is 6.78. The summed E-state index contributed by atoms with van der Waals surface area (Å²) in [5.74, 6) is 0.731. The van der Waals surface area contributed by atoms with E-state index in [-0.39, 0.29) is 5.60 Å². The summed E-state index contributed by atoms with van der Waals surface area (Å²) in [7, 11) is 0. The Hall–Kier alpha value is -0.380. The third-order valence-electron chi connectivity index (χ3n) is 3.68. The van der Waals surface area contributed by atoms with Gasteiger partial charge in [0.15, 0.2) is 0 Å². The summed E-state index contributed by atoms with van der Waals surface area (Å²) in [6, 6.07) is 4.26. The van der Waals surface area contributed by atoms with Crippen molar-refractivity contribution < 1.29 is 4.74 Å². The molecule has 1 heterocycles. The van der Waals surface area contributed by atoms with Crippen molar-refractivity contribution in [3.63, 3.8) is 0 Å². The SMILES string of the molecule is CC(C)CNCCC1(OCc2cccs2)CCC1. The van der Waals surface area contributed by atoms with E-state index < -0.39 is 0 Å². The Labute approximate surface area is 115 Å². The molecule has 0 radical (unpaired) electrons. The monoisotopic (exact) mass is 267 g/mol. The fourth-order valence-electron chi connectivity index (χ4n) is 2.36. The predicted molar refractivity (Wildman–Crippen MR) is 78.0 cm³/mol. The first-order chi connectivity index (χ1) is 8.70. The van der Waals surface area contributed by atoms with Crippen molar-refractivity contribution in [2.45, 2.75) is 51.7 Å². The normalized spacial score (nSPS) is 17.9. The van der Waals surface area contributed by atoms with Gasteiger partial charge in [0, 0.05) is 4.88 Å². The molecule has 1 fully saturated rings. The number of ether oxygens (including phenoxy) is 1. The minimum Gasteiger partial charge on any atom is -0.369 e. The Kier molecular flexibility index (Phi) is 5.22. The van der Waals surface area contributed by atoms with Crippen LogP contribution in [0.25, 0.3) is 0 Å². The highest BCUT2D eigenvalue weighted by molar-refractivity contribution is 7.09.